The zero-order valence-electron chi connectivity index (χ0n) is 9.91. The highest BCUT2D eigenvalue weighted by molar-refractivity contribution is 5.68. The number of nitrogens with two attached hydrogens (primary N) is 1. The fourth-order valence-corrected chi connectivity index (χ4v) is 1.65. The van der Waals surface area contributed by atoms with Crippen LogP contribution in [0.3, 0.4) is 0 Å². The van der Waals surface area contributed by atoms with E-state index >= 15 is 0 Å². The molecule has 2 N–H and O–H groups in total. The lowest BCUT2D eigenvalue weighted by molar-refractivity contribution is 0.364. The maximum absolute atomic E-state index is 13.8. The summed E-state index contributed by atoms with van der Waals surface area (Å²) in [5.74, 6) is -0.308. The Morgan fingerprint density at radius 1 is 1.39 bits per heavy atom. The molecule has 0 aliphatic heterocycles. The second-order valence-electron chi connectivity index (χ2n) is 3.82. The molecule has 18 heavy (non-hydrogen) atoms. The Labute approximate surface area is 102 Å². The Kier molecular flexibility index (Phi) is 3.18. The molecule has 0 spiro atoms. The molecule has 0 saturated heterocycles. The minimum atomic E-state index is -1.30. The van der Waals surface area contributed by atoms with E-state index in [-0.39, 0.29) is 28.5 Å². The van der Waals surface area contributed by atoms with Gasteiger partial charge in [0.2, 0.25) is 0 Å². The van der Waals surface area contributed by atoms with Crippen LogP contribution in [0.15, 0.2) is 22.7 Å². The molecule has 1 aromatic heterocycles. The van der Waals surface area contributed by atoms with Crippen molar-refractivity contribution in [3.63, 3.8) is 0 Å². The number of methoxy groups -OCH3 is 1. The van der Waals surface area contributed by atoms with E-state index in [9.17, 15) is 8.78 Å². The van der Waals surface area contributed by atoms with Crippen molar-refractivity contribution < 1.29 is 18.0 Å². The van der Waals surface area contributed by atoms with E-state index in [1.54, 1.807) is 0 Å². The summed E-state index contributed by atoms with van der Waals surface area (Å²) in [7, 11) is 1.32. The van der Waals surface area contributed by atoms with Crippen molar-refractivity contribution in [1.29, 1.82) is 0 Å². The Hall–Kier alpha value is -2.11. The van der Waals surface area contributed by atoms with E-state index in [0.717, 1.165) is 6.07 Å². The third kappa shape index (κ3) is 2.13. The lowest BCUT2D eigenvalue weighted by Gasteiger charge is -2.10. The predicted octanol–water partition coefficient (Wildman–Crippen LogP) is 3.10. The normalized spacial score (nSPS) is 12.4. The Morgan fingerprint density at radius 2 is 2.11 bits per heavy atom. The van der Waals surface area contributed by atoms with Crippen molar-refractivity contribution in [1.82, 2.24) is 5.16 Å². The van der Waals surface area contributed by atoms with Gasteiger partial charge in [0, 0.05) is 6.07 Å². The monoisotopic (exact) mass is 254 g/mol. The van der Waals surface area contributed by atoms with Gasteiger partial charge in [-0.15, -0.1) is 0 Å². The molecule has 2 rings (SSSR count). The van der Waals surface area contributed by atoms with Crippen molar-refractivity contribution in [2.75, 3.05) is 12.8 Å². The molecule has 0 aliphatic rings. The molecule has 4 nitrogen and oxygen atoms in total. The first-order chi connectivity index (χ1) is 8.52. The first-order valence-electron chi connectivity index (χ1n) is 5.27. The molecule has 96 valence electrons. The third-order valence-corrected chi connectivity index (χ3v) is 2.52. The minimum Gasteiger partial charge on any atom is -0.493 e. The number of nitrogen functional groups attached to an aromatic ring is 1. The topological polar surface area (TPSA) is 61.3 Å². The summed E-state index contributed by atoms with van der Waals surface area (Å²) < 4.78 is 36.9. The van der Waals surface area contributed by atoms with Gasteiger partial charge in [-0.2, -0.15) is 0 Å². The number of nitrogens with zero attached hydrogens (tertiary/aromatic N) is 1. The molecule has 1 aromatic carbocycles. The summed E-state index contributed by atoms with van der Waals surface area (Å²) >= 11 is 0. The van der Waals surface area contributed by atoms with E-state index in [4.69, 9.17) is 15.0 Å². The maximum Gasteiger partial charge on any atom is 0.172 e. The van der Waals surface area contributed by atoms with Crippen LogP contribution in [0.1, 0.15) is 18.7 Å². The van der Waals surface area contributed by atoms with Crippen LogP contribution in [0.2, 0.25) is 0 Å². The molecule has 1 unspecified atom stereocenters. The second kappa shape index (κ2) is 4.64. The number of halogens is 2. The number of hydrogen-bond donors (Lipinski definition) is 1. The van der Waals surface area contributed by atoms with E-state index in [1.807, 2.05) is 0 Å². The number of alkyl halides is 1. The number of anilines is 1. The number of rotatable bonds is 3. The van der Waals surface area contributed by atoms with Gasteiger partial charge in [0.1, 0.15) is 6.17 Å². The third-order valence-electron chi connectivity index (χ3n) is 2.52. The predicted molar refractivity (Wildman–Crippen MR) is 62.4 cm³/mol. The number of aromatic nitrogens is 1. The molecular weight excluding hydrogens is 242 g/mol. The van der Waals surface area contributed by atoms with Gasteiger partial charge in [0.25, 0.3) is 0 Å². The minimum absolute atomic E-state index is 0.0319. The Morgan fingerprint density at radius 3 is 2.61 bits per heavy atom. The molecule has 0 bridgehead atoms. The van der Waals surface area contributed by atoms with Crippen molar-refractivity contribution in [2.24, 2.45) is 0 Å². The second-order valence-corrected chi connectivity index (χ2v) is 3.82. The largest absolute Gasteiger partial charge is 0.493 e. The summed E-state index contributed by atoms with van der Waals surface area (Å²) in [5.41, 5.74) is 5.90. The summed E-state index contributed by atoms with van der Waals surface area (Å²) in [6, 6.07) is 3.96. The van der Waals surface area contributed by atoms with Gasteiger partial charge in [-0.05, 0) is 24.6 Å². The lowest BCUT2D eigenvalue weighted by Crippen LogP contribution is -1.96. The molecule has 1 heterocycles. The fourth-order valence-electron chi connectivity index (χ4n) is 1.65. The van der Waals surface area contributed by atoms with Gasteiger partial charge in [-0.1, -0.05) is 5.16 Å². The van der Waals surface area contributed by atoms with Gasteiger partial charge in [-0.25, -0.2) is 8.78 Å². The summed E-state index contributed by atoms with van der Waals surface area (Å²) in [5, 5.41) is 3.50. The summed E-state index contributed by atoms with van der Waals surface area (Å²) in [4.78, 5) is 0. The highest BCUT2D eigenvalue weighted by atomic mass is 19.1. The van der Waals surface area contributed by atoms with Crippen LogP contribution < -0.4 is 10.5 Å². The van der Waals surface area contributed by atoms with E-state index < -0.39 is 12.0 Å². The van der Waals surface area contributed by atoms with Crippen LogP contribution >= 0.6 is 0 Å². The van der Waals surface area contributed by atoms with E-state index in [2.05, 4.69) is 5.16 Å². The van der Waals surface area contributed by atoms with Gasteiger partial charge in [-0.3, -0.25) is 0 Å². The lowest BCUT2D eigenvalue weighted by atomic mass is 10.0. The summed E-state index contributed by atoms with van der Waals surface area (Å²) in [6.45, 7) is 1.32. The molecule has 0 radical (unpaired) electrons. The smallest absolute Gasteiger partial charge is 0.172 e. The van der Waals surface area contributed by atoms with Crippen LogP contribution in [-0.4, -0.2) is 12.3 Å². The van der Waals surface area contributed by atoms with Crippen LogP contribution in [0.4, 0.5) is 14.6 Å². The highest BCUT2D eigenvalue weighted by Crippen LogP contribution is 2.36. The van der Waals surface area contributed by atoms with Gasteiger partial charge < -0.3 is 15.0 Å². The zero-order chi connectivity index (χ0) is 13.3. The molecule has 1 atom stereocenters. The van der Waals surface area contributed by atoms with E-state index in [0.29, 0.717) is 0 Å². The molecular formula is C12H12F2N2O2. The van der Waals surface area contributed by atoms with Crippen molar-refractivity contribution in [3.05, 3.63) is 29.6 Å². The molecule has 0 saturated carbocycles. The average Bonchev–Trinajstić information content (AvgIpc) is 2.74. The Bertz CT molecular complexity index is 567. The molecule has 2 aromatic rings. The fraction of sp³-hybridized carbons (Fsp3) is 0.250. The molecule has 0 aliphatic carbocycles. The number of hydrogen-bond acceptors (Lipinski definition) is 4. The Balaban J connectivity index is 2.63. The van der Waals surface area contributed by atoms with Gasteiger partial charge in [0.15, 0.2) is 23.1 Å². The first kappa shape index (κ1) is 12.3. The molecule has 6 heteroatoms. The number of benzene rings is 1. The average molecular weight is 254 g/mol. The highest BCUT2D eigenvalue weighted by Gasteiger charge is 2.18. The summed E-state index contributed by atoms with van der Waals surface area (Å²) in [6.07, 6.45) is -1.30. The van der Waals surface area contributed by atoms with Crippen LogP contribution in [0.25, 0.3) is 11.3 Å². The quantitative estimate of drug-likeness (QED) is 0.914. The van der Waals surface area contributed by atoms with Crippen molar-refractivity contribution in [2.45, 2.75) is 13.1 Å². The van der Waals surface area contributed by atoms with E-state index in [1.165, 1.54) is 26.2 Å². The first-order valence-corrected chi connectivity index (χ1v) is 5.27. The van der Waals surface area contributed by atoms with Crippen LogP contribution in [-0.2, 0) is 0 Å². The SMILES string of the molecule is COc1c(F)cc(C(C)F)cc1-c1cc(N)no1. The van der Waals surface area contributed by atoms with Crippen LogP contribution in [0, 0.1) is 5.82 Å². The van der Waals surface area contributed by atoms with Crippen molar-refractivity contribution >= 4 is 5.82 Å². The molecule has 0 amide bonds. The van der Waals surface area contributed by atoms with Crippen molar-refractivity contribution in [3.8, 4) is 17.1 Å². The standard InChI is InChI=1S/C12H12F2N2O2/c1-6(13)7-3-8(10-5-11(15)16-18-10)12(17-2)9(14)4-7/h3-6H,1-2H3,(H2,15,16). The maximum atomic E-state index is 13.8. The van der Waals surface area contributed by atoms with Crippen LogP contribution in [0.5, 0.6) is 5.75 Å². The molecule has 0 fully saturated rings. The number of ether oxygens (including phenoxy) is 1. The zero-order valence-corrected chi connectivity index (χ0v) is 9.91. The van der Waals surface area contributed by atoms with Gasteiger partial charge >= 0.3 is 0 Å². The van der Waals surface area contributed by atoms with Gasteiger partial charge in [0.05, 0.1) is 12.7 Å².